The summed E-state index contributed by atoms with van der Waals surface area (Å²) in [4.78, 5) is 22.8. The molecule has 0 aliphatic heterocycles. The molecule has 126 valence electrons. The lowest BCUT2D eigenvalue weighted by Gasteiger charge is -2.12. The van der Waals surface area contributed by atoms with Crippen molar-refractivity contribution in [3.8, 4) is 5.75 Å². The van der Waals surface area contributed by atoms with E-state index in [-0.39, 0.29) is 16.4 Å². The fourth-order valence-corrected chi connectivity index (χ4v) is 2.49. The van der Waals surface area contributed by atoms with Crippen molar-refractivity contribution in [3.05, 3.63) is 61.6 Å². The van der Waals surface area contributed by atoms with Gasteiger partial charge < -0.3 is 10.1 Å². The number of nitro benzene ring substituents is 1. The molecule has 0 spiro atoms. The van der Waals surface area contributed by atoms with Gasteiger partial charge in [-0.3, -0.25) is 14.9 Å². The third kappa shape index (κ3) is 4.46. The molecule has 0 fully saturated rings. The maximum absolute atomic E-state index is 12.5. The second-order valence-corrected chi connectivity index (χ2v) is 6.19. The molecule has 0 radical (unpaired) electrons. The van der Waals surface area contributed by atoms with Crippen LogP contribution in [-0.4, -0.2) is 17.4 Å². The van der Waals surface area contributed by atoms with Crippen LogP contribution < -0.4 is 10.1 Å². The summed E-state index contributed by atoms with van der Waals surface area (Å²) >= 11 is 9.08. The first-order chi connectivity index (χ1) is 11.4. The molecular formula is C16H14BrClN2O4. The summed E-state index contributed by atoms with van der Waals surface area (Å²) in [5.41, 5.74) is 0.333. The fraction of sp³-hybridized carbons (Fsp3) is 0.188. The van der Waals surface area contributed by atoms with Gasteiger partial charge in [-0.25, -0.2) is 0 Å². The predicted molar refractivity (Wildman–Crippen MR) is 96.0 cm³/mol. The Morgan fingerprint density at radius 1 is 1.33 bits per heavy atom. The van der Waals surface area contributed by atoms with Crippen LogP contribution >= 0.6 is 27.5 Å². The molecule has 0 atom stereocenters. The van der Waals surface area contributed by atoms with E-state index >= 15 is 0 Å². The summed E-state index contributed by atoms with van der Waals surface area (Å²) in [5.74, 6) is 0.0139. The molecule has 0 aliphatic rings. The van der Waals surface area contributed by atoms with Gasteiger partial charge in [-0.05, 0) is 36.8 Å². The molecule has 1 amide bonds. The summed E-state index contributed by atoms with van der Waals surface area (Å²) in [7, 11) is 0. The molecular weight excluding hydrogens is 400 g/mol. The number of hydrogen-bond acceptors (Lipinski definition) is 4. The van der Waals surface area contributed by atoms with E-state index < -0.39 is 10.8 Å². The lowest BCUT2D eigenvalue weighted by Crippen LogP contribution is -2.14. The van der Waals surface area contributed by atoms with Gasteiger partial charge in [0.1, 0.15) is 10.8 Å². The topological polar surface area (TPSA) is 81.5 Å². The molecule has 1 N–H and O–H groups in total. The largest absolute Gasteiger partial charge is 0.493 e. The van der Waals surface area contributed by atoms with Crippen LogP contribution in [-0.2, 0) is 0 Å². The predicted octanol–water partition coefficient (Wildman–Crippen LogP) is 5.05. The van der Waals surface area contributed by atoms with E-state index in [9.17, 15) is 14.9 Å². The maximum atomic E-state index is 12.5. The second kappa shape index (κ2) is 8.12. The lowest BCUT2D eigenvalue weighted by molar-refractivity contribution is -0.384. The number of amides is 1. The Bertz CT molecular complexity index is 783. The highest BCUT2D eigenvalue weighted by molar-refractivity contribution is 9.10. The van der Waals surface area contributed by atoms with Gasteiger partial charge in [0.25, 0.3) is 11.6 Å². The van der Waals surface area contributed by atoms with Crippen LogP contribution in [0.4, 0.5) is 11.4 Å². The zero-order valence-corrected chi connectivity index (χ0v) is 15.1. The molecule has 0 unspecified atom stereocenters. The molecule has 0 saturated heterocycles. The molecule has 0 aliphatic carbocycles. The molecule has 0 heterocycles. The Kier molecular flexibility index (Phi) is 6.16. The third-order valence-electron chi connectivity index (χ3n) is 3.05. The standard InChI is InChI=1S/C16H14BrClN2O4/c1-2-7-24-15-6-3-10(17)8-12(15)16(21)19-11-4-5-13(18)14(9-11)20(22)23/h3-6,8-9H,2,7H2,1H3,(H,19,21). The summed E-state index contributed by atoms with van der Waals surface area (Å²) in [6, 6.07) is 9.17. The summed E-state index contributed by atoms with van der Waals surface area (Å²) in [5, 5.41) is 13.6. The lowest BCUT2D eigenvalue weighted by atomic mass is 10.1. The smallest absolute Gasteiger partial charge is 0.289 e. The number of anilines is 1. The van der Waals surface area contributed by atoms with Gasteiger partial charge in [0, 0.05) is 16.2 Å². The van der Waals surface area contributed by atoms with Gasteiger partial charge in [0.15, 0.2) is 0 Å². The van der Waals surface area contributed by atoms with Gasteiger partial charge in [0.05, 0.1) is 17.1 Å². The minimum Gasteiger partial charge on any atom is -0.493 e. The van der Waals surface area contributed by atoms with Crippen LogP contribution in [0.3, 0.4) is 0 Å². The normalized spacial score (nSPS) is 10.3. The van der Waals surface area contributed by atoms with Crippen LogP contribution in [0.2, 0.25) is 5.02 Å². The minimum absolute atomic E-state index is 0.00687. The molecule has 8 heteroatoms. The van der Waals surface area contributed by atoms with Crippen molar-refractivity contribution in [2.45, 2.75) is 13.3 Å². The number of ether oxygens (including phenoxy) is 1. The highest BCUT2D eigenvalue weighted by Crippen LogP contribution is 2.29. The van der Waals surface area contributed by atoms with Gasteiger partial charge >= 0.3 is 0 Å². The summed E-state index contributed by atoms with van der Waals surface area (Å²) in [6.07, 6.45) is 0.806. The summed E-state index contributed by atoms with van der Waals surface area (Å²) in [6.45, 7) is 2.44. The number of nitro groups is 1. The zero-order valence-electron chi connectivity index (χ0n) is 12.7. The van der Waals surface area contributed by atoms with E-state index in [4.69, 9.17) is 16.3 Å². The second-order valence-electron chi connectivity index (χ2n) is 4.87. The Labute approximate surface area is 152 Å². The van der Waals surface area contributed by atoms with E-state index in [1.165, 1.54) is 18.2 Å². The number of nitrogens with zero attached hydrogens (tertiary/aromatic N) is 1. The van der Waals surface area contributed by atoms with Crippen molar-refractivity contribution in [2.75, 3.05) is 11.9 Å². The van der Waals surface area contributed by atoms with E-state index in [1.807, 2.05) is 6.92 Å². The number of hydrogen-bond donors (Lipinski definition) is 1. The Hall–Kier alpha value is -2.12. The first kappa shape index (κ1) is 18.2. The van der Waals surface area contributed by atoms with Crippen LogP contribution in [0.25, 0.3) is 0 Å². The highest BCUT2D eigenvalue weighted by Gasteiger charge is 2.17. The fourth-order valence-electron chi connectivity index (χ4n) is 1.95. The van der Waals surface area contributed by atoms with Crippen LogP contribution in [0.5, 0.6) is 5.75 Å². The molecule has 2 aromatic carbocycles. The number of carbonyl (C=O) groups is 1. The number of halogens is 2. The van der Waals surface area contributed by atoms with Crippen molar-refractivity contribution in [1.82, 2.24) is 0 Å². The molecule has 0 bridgehead atoms. The van der Waals surface area contributed by atoms with Crippen LogP contribution in [0.1, 0.15) is 23.7 Å². The first-order valence-electron chi connectivity index (χ1n) is 7.10. The number of nitrogens with one attached hydrogen (secondary N) is 1. The Morgan fingerprint density at radius 2 is 2.08 bits per heavy atom. The molecule has 0 aromatic heterocycles. The van der Waals surface area contributed by atoms with Gasteiger partial charge in [-0.15, -0.1) is 0 Å². The van der Waals surface area contributed by atoms with Crippen molar-refractivity contribution < 1.29 is 14.5 Å². The zero-order chi connectivity index (χ0) is 17.7. The molecule has 0 saturated carbocycles. The quantitative estimate of drug-likeness (QED) is 0.530. The number of carbonyl (C=O) groups excluding carboxylic acids is 1. The van der Waals surface area contributed by atoms with Gasteiger partial charge in [-0.1, -0.05) is 34.5 Å². The molecule has 24 heavy (non-hydrogen) atoms. The average Bonchev–Trinajstić information content (AvgIpc) is 2.55. The van der Waals surface area contributed by atoms with Crippen molar-refractivity contribution in [1.29, 1.82) is 0 Å². The van der Waals surface area contributed by atoms with E-state index in [2.05, 4.69) is 21.2 Å². The first-order valence-corrected chi connectivity index (χ1v) is 8.27. The average molecular weight is 414 g/mol. The van der Waals surface area contributed by atoms with Crippen molar-refractivity contribution >= 4 is 44.8 Å². The third-order valence-corrected chi connectivity index (χ3v) is 3.86. The SMILES string of the molecule is CCCOc1ccc(Br)cc1C(=O)Nc1ccc(Cl)c([N+](=O)[O-])c1. The number of benzene rings is 2. The summed E-state index contributed by atoms with van der Waals surface area (Å²) < 4.78 is 6.29. The van der Waals surface area contributed by atoms with E-state index in [1.54, 1.807) is 18.2 Å². The van der Waals surface area contributed by atoms with E-state index in [0.717, 1.165) is 10.9 Å². The van der Waals surface area contributed by atoms with Gasteiger partial charge in [-0.2, -0.15) is 0 Å². The van der Waals surface area contributed by atoms with Crippen LogP contribution in [0.15, 0.2) is 40.9 Å². The van der Waals surface area contributed by atoms with Crippen molar-refractivity contribution in [3.63, 3.8) is 0 Å². The Morgan fingerprint density at radius 3 is 2.75 bits per heavy atom. The monoisotopic (exact) mass is 412 g/mol. The highest BCUT2D eigenvalue weighted by atomic mass is 79.9. The molecule has 6 nitrogen and oxygen atoms in total. The van der Waals surface area contributed by atoms with Crippen molar-refractivity contribution in [2.24, 2.45) is 0 Å². The number of rotatable bonds is 6. The maximum Gasteiger partial charge on any atom is 0.289 e. The minimum atomic E-state index is -0.604. The molecule has 2 aromatic rings. The van der Waals surface area contributed by atoms with Crippen LogP contribution in [0, 0.1) is 10.1 Å². The van der Waals surface area contributed by atoms with Gasteiger partial charge in [0.2, 0.25) is 0 Å². The Balaban J connectivity index is 2.28. The van der Waals surface area contributed by atoms with E-state index in [0.29, 0.717) is 17.9 Å². The molecule has 2 rings (SSSR count).